The molecule has 100 valence electrons. The molecule has 0 bridgehead atoms. The summed E-state index contributed by atoms with van der Waals surface area (Å²) in [4.78, 5) is 11.2. The molecule has 1 N–H and O–H groups in total. The van der Waals surface area contributed by atoms with Gasteiger partial charge in [0, 0.05) is 30.9 Å². The first kappa shape index (κ1) is 13.3. The second-order valence-corrected chi connectivity index (χ2v) is 4.90. The number of rotatable bonds is 5. The lowest BCUT2D eigenvalue weighted by Gasteiger charge is -2.34. The summed E-state index contributed by atoms with van der Waals surface area (Å²) in [6.07, 6.45) is 6.39. The molecule has 1 aromatic heterocycles. The van der Waals surface area contributed by atoms with Crippen LogP contribution in [-0.4, -0.2) is 35.6 Å². The Balaban J connectivity index is 2.12. The van der Waals surface area contributed by atoms with Gasteiger partial charge < -0.3 is 10.2 Å². The van der Waals surface area contributed by atoms with Crippen LogP contribution in [0, 0.1) is 0 Å². The van der Waals surface area contributed by atoms with E-state index < -0.39 is 0 Å². The van der Waals surface area contributed by atoms with Crippen LogP contribution in [0.15, 0.2) is 12.4 Å². The maximum atomic E-state index is 4.46. The van der Waals surface area contributed by atoms with E-state index in [0.717, 1.165) is 44.0 Å². The van der Waals surface area contributed by atoms with Crippen molar-refractivity contribution in [2.75, 3.05) is 24.5 Å². The Morgan fingerprint density at radius 2 is 2.28 bits per heavy atom. The predicted octanol–water partition coefficient (Wildman–Crippen LogP) is 2.01. The van der Waals surface area contributed by atoms with Crippen molar-refractivity contribution in [2.45, 2.75) is 45.6 Å². The SMILES string of the molecule is CCCc1cc(N(CC)C2CCCNC2)ncn1. The first-order chi connectivity index (χ1) is 8.85. The van der Waals surface area contributed by atoms with Crippen LogP contribution in [-0.2, 0) is 6.42 Å². The van der Waals surface area contributed by atoms with Crippen molar-refractivity contribution in [3.63, 3.8) is 0 Å². The second-order valence-electron chi connectivity index (χ2n) is 4.90. The maximum Gasteiger partial charge on any atom is 0.132 e. The molecule has 0 aliphatic carbocycles. The van der Waals surface area contributed by atoms with Gasteiger partial charge in [-0.05, 0) is 32.7 Å². The van der Waals surface area contributed by atoms with Crippen LogP contribution in [0.25, 0.3) is 0 Å². The smallest absolute Gasteiger partial charge is 0.132 e. The van der Waals surface area contributed by atoms with E-state index in [-0.39, 0.29) is 0 Å². The largest absolute Gasteiger partial charge is 0.353 e. The van der Waals surface area contributed by atoms with E-state index in [2.05, 4.69) is 40.1 Å². The van der Waals surface area contributed by atoms with Crippen molar-refractivity contribution in [2.24, 2.45) is 0 Å². The van der Waals surface area contributed by atoms with Gasteiger partial charge in [-0.25, -0.2) is 9.97 Å². The van der Waals surface area contributed by atoms with E-state index in [9.17, 15) is 0 Å². The normalized spacial score (nSPS) is 19.8. The third kappa shape index (κ3) is 3.19. The molecule has 18 heavy (non-hydrogen) atoms. The Labute approximate surface area is 110 Å². The molecular weight excluding hydrogens is 224 g/mol. The summed E-state index contributed by atoms with van der Waals surface area (Å²) in [6, 6.07) is 2.73. The minimum Gasteiger partial charge on any atom is -0.353 e. The number of anilines is 1. The van der Waals surface area contributed by atoms with E-state index in [4.69, 9.17) is 0 Å². The first-order valence-corrected chi connectivity index (χ1v) is 7.13. The van der Waals surface area contributed by atoms with Crippen molar-refractivity contribution < 1.29 is 0 Å². The molecule has 1 fully saturated rings. The van der Waals surface area contributed by atoms with Crippen LogP contribution in [0.1, 0.15) is 38.8 Å². The number of hydrogen-bond acceptors (Lipinski definition) is 4. The average Bonchev–Trinajstić information content (AvgIpc) is 2.42. The van der Waals surface area contributed by atoms with Crippen LogP contribution in [0.5, 0.6) is 0 Å². The molecule has 1 saturated heterocycles. The monoisotopic (exact) mass is 248 g/mol. The molecule has 1 aliphatic heterocycles. The zero-order valence-corrected chi connectivity index (χ0v) is 11.5. The molecule has 1 aliphatic rings. The lowest BCUT2D eigenvalue weighted by molar-refractivity contribution is 0.433. The lowest BCUT2D eigenvalue weighted by atomic mass is 10.1. The van der Waals surface area contributed by atoms with Gasteiger partial charge in [-0.3, -0.25) is 0 Å². The van der Waals surface area contributed by atoms with Gasteiger partial charge in [0.25, 0.3) is 0 Å². The zero-order chi connectivity index (χ0) is 12.8. The highest BCUT2D eigenvalue weighted by Gasteiger charge is 2.20. The number of nitrogens with one attached hydrogen (secondary N) is 1. The summed E-state index contributed by atoms with van der Waals surface area (Å²) in [5.74, 6) is 1.09. The number of hydrogen-bond donors (Lipinski definition) is 1. The maximum absolute atomic E-state index is 4.46. The molecule has 0 saturated carbocycles. The Morgan fingerprint density at radius 3 is 2.94 bits per heavy atom. The molecule has 0 aromatic carbocycles. The first-order valence-electron chi connectivity index (χ1n) is 7.13. The summed E-state index contributed by atoms with van der Waals surface area (Å²) in [5.41, 5.74) is 1.16. The second kappa shape index (κ2) is 6.69. The molecule has 1 unspecified atom stereocenters. The molecule has 2 rings (SSSR count). The summed E-state index contributed by atoms with van der Waals surface area (Å²) >= 11 is 0. The molecular formula is C14H24N4. The Hall–Kier alpha value is -1.16. The third-order valence-electron chi connectivity index (χ3n) is 3.56. The van der Waals surface area contributed by atoms with Crippen LogP contribution in [0.2, 0.25) is 0 Å². The Kier molecular flexibility index (Phi) is 4.93. The highest BCUT2D eigenvalue weighted by Crippen LogP contribution is 2.18. The fraction of sp³-hybridized carbons (Fsp3) is 0.714. The van der Waals surface area contributed by atoms with Crippen molar-refractivity contribution >= 4 is 5.82 Å². The summed E-state index contributed by atoms with van der Waals surface area (Å²) < 4.78 is 0. The highest BCUT2D eigenvalue weighted by molar-refractivity contribution is 5.40. The van der Waals surface area contributed by atoms with Gasteiger partial charge in [-0.15, -0.1) is 0 Å². The minimum absolute atomic E-state index is 0.577. The summed E-state index contributed by atoms with van der Waals surface area (Å²) in [6.45, 7) is 7.62. The molecule has 4 nitrogen and oxygen atoms in total. The molecule has 0 spiro atoms. The predicted molar refractivity (Wildman–Crippen MR) is 74.9 cm³/mol. The fourth-order valence-electron chi connectivity index (χ4n) is 2.64. The average molecular weight is 248 g/mol. The number of nitrogens with zero attached hydrogens (tertiary/aromatic N) is 3. The van der Waals surface area contributed by atoms with Gasteiger partial charge in [0.05, 0.1) is 0 Å². The van der Waals surface area contributed by atoms with Gasteiger partial charge in [0.15, 0.2) is 0 Å². The number of aromatic nitrogens is 2. The molecule has 1 aromatic rings. The van der Waals surface area contributed by atoms with Crippen molar-refractivity contribution in [3.05, 3.63) is 18.1 Å². The fourth-order valence-corrected chi connectivity index (χ4v) is 2.64. The van der Waals surface area contributed by atoms with Gasteiger partial charge in [-0.2, -0.15) is 0 Å². The molecule has 1 atom stereocenters. The molecule has 0 amide bonds. The summed E-state index contributed by atoms with van der Waals surface area (Å²) in [5, 5.41) is 3.47. The molecule has 4 heteroatoms. The minimum atomic E-state index is 0.577. The van der Waals surface area contributed by atoms with Crippen molar-refractivity contribution in [1.82, 2.24) is 15.3 Å². The molecule has 0 radical (unpaired) electrons. The zero-order valence-electron chi connectivity index (χ0n) is 11.5. The van der Waals surface area contributed by atoms with Gasteiger partial charge in [0.2, 0.25) is 0 Å². The quantitative estimate of drug-likeness (QED) is 0.865. The van der Waals surface area contributed by atoms with E-state index in [0.29, 0.717) is 6.04 Å². The summed E-state index contributed by atoms with van der Waals surface area (Å²) in [7, 11) is 0. The third-order valence-corrected chi connectivity index (χ3v) is 3.56. The Bertz CT molecular complexity index is 361. The van der Waals surface area contributed by atoms with Crippen LogP contribution in [0.4, 0.5) is 5.82 Å². The van der Waals surface area contributed by atoms with Crippen molar-refractivity contribution in [1.29, 1.82) is 0 Å². The van der Waals surface area contributed by atoms with Crippen molar-refractivity contribution in [3.8, 4) is 0 Å². The van der Waals surface area contributed by atoms with E-state index in [1.165, 1.54) is 12.8 Å². The van der Waals surface area contributed by atoms with Gasteiger partial charge in [-0.1, -0.05) is 13.3 Å². The van der Waals surface area contributed by atoms with Gasteiger partial charge >= 0.3 is 0 Å². The van der Waals surface area contributed by atoms with Crippen LogP contribution in [0.3, 0.4) is 0 Å². The number of aryl methyl sites for hydroxylation is 1. The highest BCUT2D eigenvalue weighted by atomic mass is 15.2. The topological polar surface area (TPSA) is 41.0 Å². The van der Waals surface area contributed by atoms with Gasteiger partial charge in [0.1, 0.15) is 12.1 Å². The standard InChI is InChI=1S/C14H24N4/c1-3-6-12-9-14(17-11-16-12)18(4-2)13-7-5-8-15-10-13/h9,11,13,15H,3-8,10H2,1-2H3. The van der Waals surface area contributed by atoms with Crippen LogP contribution >= 0.6 is 0 Å². The lowest BCUT2D eigenvalue weighted by Crippen LogP contribution is -2.46. The number of piperidine rings is 1. The van der Waals surface area contributed by atoms with E-state index in [1.54, 1.807) is 6.33 Å². The Morgan fingerprint density at radius 1 is 1.39 bits per heavy atom. The van der Waals surface area contributed by atoms with E-state index in [1.807, 2.05) is 0 Å². The number of likely N-dealkylation sites (N-methyl/N-ethyl adjacent to an activating group) is 1. The molecule has 2 heterocycles. The van der Waals surface area contributed by atoms with Crippen LogP contribution < -0.4 is 10.2 Å². The van der Waals surface area contributed by atoms with E-state index >= 15 is 0 Å².